The van der Waals surface area contributed by atoms with Crippen molar-refractivity contribution >= 4 is 75.6 Å². The maximum atomic E-state index is 13.3. The number of benzene rings is 3. The third-order valence-corrected chi connectivity index (χ3v) is 7.87. The number of halogens is 6. The molecule has 1 aliphatic heterocycles. The smallest absolute Gasteiger partial charge is 0.345 e. The molecule has 3 atom stereocenters. The van der Waals surface area contributed by atoms with Gasteiger partial charge in [0.1, 0.15) is 6.10 Å². The molecular formula is C28H22Cl6O5. The van der Waals surface area contributed by atoms with Crippen molar-refractivity contribution in [2.24, 2.45) is 0 Å². The summed E-state index contributed by atoms with van der Waals surface area (Å²) in [6.07, 6.45) is -0.419. The van der Waals surface area contributed by atoms with Crippen molar-refractivity contribution in [3.05, 3.63) is 114 Å². The van der Waals surface area contributed by atoms with E-state index in [0.717, 1.165) is 5.56 Å². The Bertz CT molecular complexity index is 1370. The summed E-state index contributed by atoms with van der Waals surface area (Å²) in [5, 5.41) is 2.73. The maximum Gasteiger partial charge on any atom is 0.345 e. The van der Waals surface area contributed by atoms with Gasteiger partial charge in [-0.1, -0.05) is 94.4 Å². The fourth-order valence-corrected chi connectivity index (χ4v) is 5.40. The summed E-state index contributed by atoms with van der Waals surface area (Å²) in [5.74, 6) is -0.673. The summed E-state index contributed by atoms with van der Waals surface area (Å²) < 4.78 is 23.9. The molecule has 0 spiro atoms. The van der Waals surface area contributed by atoms with Gasteiger partial charge < -0.3 is 18.9 Å². The first-order valence-corrected chi connectivity index (χ1v) is 13.9. The first kappa shape index (κ1) is 30.4. The van der Waals surface area contributed by atoms with Crippen molar-refractivity contribution in [1.82, 2.24) is 0 Å². The number of rotatable bonds is 11. The number of esters is 1. The molecule has 1 fully saturated rings. The molecule has 3 aromatic rings. The summed E-state index contributed by atoms with van der Waals surface area (Å²) in [6.45, 7) is 4.01. The molecular weight excluding hydrogens is 629 g/mol. The van der Waals surface area contributed by atoms with Gasteiger partial charge in [-0.2, -0.15) is 0 Å². The maximum absolute atomic E-state index is 13.3. The number of ether oxygens (including phenoxy) is 4. The molecule has 5 nitrogen and oxygen atoms in total. The zero-order chi connectivity index (χ0) is 28.2. The third-order valence-electron chi connectivity index (χ3n) is 6.11. The van der Waals surface area contributed by atoms with E-state index in [1.54, 1.807) is 54.6 Å². The molecule has 0 amide bonds. The molecule has 0 unspecified atom stereocenters. The van der Waals surface area contributed by atoms with E-state index in [0.29, 0.717) is 41.3 Å². The number of cyclic esters (lactones) is 1. The minimum absolute atomic E-state index is 0.00956. The van der Waals surface area contributed by atoms with Crippen LogP contribution in [0.25, 0.3) is 0 Å². The largest absolute Gasteiger partial charge is 0.455 e. The van der Waals surface area contributed by atoms with Gasteiger partial charge in [0.15, 0.2) is 6.10 Å². The summed E-state index contributed by atoms with van der Waals surface area (Å²) in [5.41, 5.74) is 0.339. The summed E-state index contributed by atoms with van der Waals surface area (Å²) in [6, 6.07) is 15.1. The Labute approximate surface area is 256 Å². The Morgan fingerprint density at radius 3 is 1.74 bits per heavy atom. The quantitative estimate of drug-likeness (QED) is 0.153. The molecule has 0 saturated carbocycles. The molecule has 0 aliphatic carbocycles. The average molecular weight is 651 g/mol. The lowest BCUT2D eigenvalue weighted by Crippen LogP contribution is -2.49. The van der Waals surface area contributed by atoms with Gasteiger partial charge >= 0.3 is 5.97 Å². The second-order valence-electron chi connectivity index (χ2n) is 8.68. The van der Waals surface area contributed by atoms with Crippen molar-refractivity contribution in [1.29, 1.82) is 0 Å². The molecule has 3 aromatic carbocycles. The van der Waals surface area contributed by atoms with Crippen molar-refractivity contribution in [2.75, 3.05) is 6.61 Å². The molecule has 11 heteroatoms. The van der Waals surface area contributed by atoms with Crippen LogP contribution in [0.2, 0.25) is 30.1 Å². The van der Waals surface area contributed by atoms with Gasteiger partial charge in [-0.3, -0.25) is 0 Å². The molecule has 0 aromatic heterocycles. The number of carbonyl (C=O) groups excluding carboxylic acids is 1. The Balaban J connectivity index is 1.55. The number of hydrogen-bond donors (Lipinski definition) is 0. The van der Waals surface area contributed by atoms with E-state index in [4.69, 9.17) is 88.6 Å². The van der Waals surface area contributed by atoms with Gasteiger partial charge in [-0.15, -0.1) is 0 Å². The topological polar surface area (TPSA) is 54.0 Å². The summed E-state index contributed by atoms with van der Waals surface area (Å²) in [4.78, 5) is 13.3. The van der Waals surface area contributed by atoms with E-state index in [-0.39, 0.29) is 26.4 Å². The molecule has 1 saturated heterocycles. The van der Waals surface area contributed by atoms with Crippen LogP contribution in [0.15, 0.2) is 67.3 Å². The van der Waals surface area contributed by atoms with Crippen LogP contribution >= 0.6 is 69.6 Å². The highest BCUT2D eigenvalue weighted by molar-refractivity contribution is 6.36. The first-order valence-electron chi connectivity index (χ1n) is 11.6. The molecule has 39 heavy (non-hydrogen) atoms. The summed E-state index contributed by atoms with van der Waals surface area (Å²) in [7, 11) is 0. The Morgan fingerprint density at radius 2 is 1.26 bits per heavy atom. The van der Waals surface area contributed by atoms with Crippen LogP contribution in [0.4, 0.5) is 0 Å². The van der Waals surface area contributed by atoms with Crippen molar-refractivity contribution < 1.29 is 23.7 Å². The minimum Gasteiger partial charge on any atom is -0.455 e. The molecule has 1 heterocycles. The van der Waals surface area contributed by atoms with Crippen LogP contribution in [0.3, 0.4) is 0 Å². The highest BCUT2D eigenvalue weighted by Crippen LogP contribution is 2.37. The number of carbonyl (C=O) groups is 1. The lowest BCUT2D eigenvalue weighted by molar-refractivity contribution is -0.161. The minimum atomic E-state index is -1.66. The highest BCUT2D eigenvalue weighted by atomic mass is 35.5. The monoisotopic (exact) mass is 648 g/mol. The normalized spacial score (nSPS) is 20.7. The Morgan fingerprint density at radius 1 is 0.769 bits per heavy atom. The predicted molar refractivity (Wildman–Crippen MR) is 155 cm³/mol. The van der Waals surface area contributed by atoms with Crippen molar-refractivity contribution in [3.63, 3.8) is 0 Å². The molecule has 0 N–H and O–H groups in total. The van der Waals surface area contributed by atoms with Gasteiger partial charge in [0, 0.05) is 30.1 Å². The van der Waals surface area contributed by atoms with Crippen LogP contribution in [0, 0.1) is 0 Å². The molecule has 4 rings (SSSR count). The zero-order valence-electron chi connectivity index (χ0n) is 20.3. The van der Waals surface area contributed by atoms with Crippen LogP contribution in [0.5, 0.6) is 0 Å². The zero-order valence-corrected chi connectivity index (χ0v) is 24.8. The standard InChI is InChI=1S/C28H22Cl6O5/c1-2-28(38-14-18-5-8-21(31)11-24(18)34)26(37-13-17-4-7-20(30)10-23(17)33)25(39-27(28)35)15-36-12-16-3-6-19(29)9-22(16)32/h2-11,25-26H,1,12-15H2/t25-,26-,28-/m1/s1. The lowest BCUT2D eigenvalue weighted by atomic mass is 9.95. The van der Waals surface area contributed by atoms with Gasteiger partial charge in [0.2, 0.25) is 5.60 Å². The second-order valence-corrected chi connectivity index (χ2v) is 11.2. The molecule has 0 bridgehead atoms. The predicted octanol–water partition coefficient (Wildman–Crippen LogP) is 8.78. The van der Waals surface area contributed by atoms with Crippen LogP contribution < -0.4 is 0 Å². The molecule has 206 valence electrons. The fraction of sp³-hybridized carbons (Fsp3) is 0.250. The Kier molecular flexibility index (Phi) is 10.5. The van der Waals surface area contributed by atoms with E-state index in [9.17, 15) is 4.79 Å². The van der Waals surface area contributed by atoms with E-state index in [2.05, 4.69) is 6.58 Å². The van der Waals surface area contributed by atoms with Gasteiger partial charge in [-0.05, 0) is 59.2 Å². The molecule has 0 radical (unpaired) electrons. The van der Waals surface area contributed by atoms with E-state index < -0.39 is 23.8 Å². The van der Waals surface area contributed by atoms with Crippen LogP contribution in [-0.2, 0) is 43.6 Å². The van der Waals surface area contributed by atoms with E-state index >= 15 is 0 Å². The van der Waals surface area contributed by atoms with Crippen LogP contribution in [-0.4, -0.2) is 30.4 Å². The highest BCUT2D eigenvalue weighted by Gasteiger charge is 2.58. The van der Waals surface area contributed by atoms with Crippen molar-refractivity contribution in [3.8, 4) is 0 Å². The van der Waals surface area contributed by atoms with Gasteiger partial charge in [-0.25, -0.2) is 4.79 Å². The lowest BCUT2D eigenvalue weighted by Gasteiger charge is -2.30. The Hall–Kier alpha value is -1.51. The average Bonchev–Trinajstić information content (AvgIpc) is 3.14. The number of hydrogen-bond acceptors (Lipinski definition) is 5. The van der Waals surface area contributed by atoms with Gasteiger partial charge in [0.25, 0.3) is 0 Å². The molecule has 1 aliphatic rings. The van der Waals surface area contributed by atoms with Crippen LogP contribution in [0.1, 0.15) is 16.7 Å². The first-order chi connectivity index (χ1) is 18.6. The fourth-order valence-electron chi connectivity index (χ4n) is 4.01. The third kappa shape index (κ3) is 7.23. The van der Waals surface area contributed by atoms with Gasteiger partial charge in [0.05, 0.1) is 26.4 Å². The second kappa shape index (κ2) is 13.4. The van der Waals surface area contributed by atoms with E-state index in [1.807, 2.05) is 0 Å². The van der Waals surface area contributed by atoms with Crippen molar-refractivity contribution in [2.45, 2.75) is 37.6 Å². The summed E-state index contributed by atoms with van der Waals surface area (Å²) >= 11 is 37.0. The SMILES string of the molecule is C=C[C@]1(OCc2ccc(Cl)cc2Cl)C(=O)O[C@H](COCc2ccc(Cl)cc2Cl)[C@H]1OCc1ccc(Cl)cc1Cl. The van der Waals surface area contributed by atoms with E-state index in [1.165, 1.54) is 6.08 Å².